The van der Waals surface area contributed by atoms with Gasteiger partial charge < -0.3 is 10.1 Å². The van der Waals surface area contributed by atoms with Gasteiger partial charge in [-0.2, -0.15) is 0 Å². The Labute approximate surface area is 118 Å². The minimum Gasteiger partial charge on any atom is -0.494 e. The van der Waals surface area contributed by atoms with Crippen molar-refractivity contribution in [2.75, 3.05) is 13.4 Å². The summed E-state index contributed by atoms with van der Waals surface area (Å²) in [4.78, 5) is 11.8. The fraction of sp³-hybridized carbons (Fsp3) is 0.462. The maximum absolute atomic E-state index is 13.6. The number of halogens is 1. The van der Waals surface area contributed by atoms with Crippen LogP contribution in [0.4, 0.5) is 4.39 Å². The average Bonchev–Trinajstić information content (AvgIpc) is 2.36. The van der Waals surface area contributed by atoms with Crippen molar-refractivity contribution < 1.29 is 22.3 Å². The molecule has 0 aliphatic carbocycles. The molecule has 2 atom stereocenters. The third-order valence-electron chi connectivity index (χ3n) is 3.05. The highest BCUT2D eigenvalue weighted by atomic mass is 32.2. The van der Waals surface area contributed by atoms with Crippen LogP contribution in [0.2, 0.25) is 0 Å². The number of hydrogen-bond acceptors (Lipinski definition) is 4. The van der Waals surface area contributed by atoms with Crippen LogP contribution >= 0.6 is 0 Å². The summed E-state index contributed by atoms with van der Waals surface area (Å²) < 4.78 is 40.9. The lowest BCUT2D eigenvalue weighted by atomic mass is 10.1. The zero-order valence-corrected chi connectivity index (χ0v) is 12.6. The Balaban J connectivity index is 2.84. The Bertz CT molecular complexity index is 600. The van der Waals surface area contributed by atoms with E-state index in [1.54, 1.807) is 13.0 Å². The summed E-state index contributed by atoms with van der Waals surface area (Å²) in [5, 5.41) is 1.40. The lowest BCUT2D eigenvalue weighted by Crippen LogP contribution is -2.38. The highest BCUT2D eigenvalue weighted by Crippen LogP contribution is 2.21. The summed E-state index contributed by atoms with van der Waals surface area (Å²) in [6.45, 7) is 2.96. The maximum atomic E-state index is 13.6. The summed E-state index contributed by atoms with van der Waals surface area (Å²) in [6.07, 6.45) is 0.995. The van der Waals surface area contributed by atoms with Crippen LogP contribution in [0.3, 0.4) is 0 Å². The van der Waals surface area contributed by atoms with Crippen molar-refractivity contribution >= 4 is 15.7 Å². The number of methoxy groups -OCH3 is 1. The molecule has 0 aromatic heterocycles. The molecule has 1 amide bonds. The van der Waals surface area contributed by atoms with E-state index in [-0.39, 0.29) is 5.75 Å². The summed E-state index contributed by atoms with van der Waals surface area (Å²) in [5.74, 6) is -1.05. The number of carbonyl (C=O) groups excluding carboxylic acids is 1. The zero-order valence-electron chi connectivity index (χ0n) is 11.8. The van der Waals surface area contributed by atoms with E-state index < -0.39 is 32.9 Å². The second-order valence-corrected chi connectivity index (χ2v) is 6.96. The Morgan fingerprint density at radius 1 is 1.35 bits per heavy atom. The van der Waals surface area contributed by atoms with Gasteiger partial charge in [-0.05, 0) is 31.5 Å². The van der Waals surface area contributed by atoms with Gasteiger partial charge in [-0.1, -0.05) is 6.07 Å². The first-order chi connectivity index (χ1) is 9.16. The lowest BCUT2D eigenvalue weighted by molar-refractivity contribution is -0.121. The van der Waals surface area contributed by atoms with E-state index in [4.69, 9.17) is 4.74 Å². The van der Waals surface area contributed by atoms with Crippen molar-refractivity contribution in [2.24, 2.45) is 0 Å². The van der Waals surface area contributed by atoms with E-state index in [0.29, 0.717) is 5.56 Å². The third kappa shape index (κ3) is 3.93. The van der Waals surface area contributed by atoms with Gasteiger partial charge in [-0.3, -0.25) is 4.79 Å². The van der Waals surface area contributed by atoms with Crippen LogP contribution in [-0.4, -0.2) is 32.9 Å². The molecule has 0 bridgehead atoms. The third-order valence-corrected chi connectivity index (χ3v) is 4.54. The predicted molar refractivity (Wildman–Crippen MR) is 73.8 cm³/mol. The van der Waals surface area contributed by atoms with E-state index in [2.05, 4.69) is 5.32 Å². The van der Waals surface area contributed by atoms with Crippen molar-refractivity contribution in [1.29, 1.82) is 0 Å². The van der Waals surface area contributed by atoms with Crippen LogP contribution < -0.4 is 10.1 Å². The lowest BCUT2D eigenvalue weighted by Gasteiger charge is -2.17. The number of amides is 1. The molecule has 0 fully saturated rings. The van der Waals surface area contributed by atoms with Crippen molar-refractivity contribution in [2.45, 2.75) is 25.1 Å². The monoisotopic (exact) mass is 303 g/mol. The van der Waals surface area contributed by atoms with Crippen LogP contribution in [0.15, 0.2) is 18.2 Å². The van der Waals surface area contributed by atoms with Crippen LogP contribution in [-0.2, 0) is 14.6 Å². The second-order valence-electron chi connectivity index (χ2n) is 4.60. The van der Waals surface area contributed by atoms with Crippen molar-refractivity contribution in [3.63, 3.8) is 0 Å². The van der Waals surface area contributed by atoms with E-state index in [1.807, 2.05) is 0 Å². The van der Waals surface area contributed by atoms with Gasteiger partial charge in [0, 0.05) is 6.26 Å². The van der Waals surface area contributed by atoms with E-state index >= 15 is 0 Å². The van der Waals surface area contributed by atoms with Gasteiger partial charge >= 0.3 is 0 Å². The van der Waals surface area contributed by atoms with Crippen molar-refractivity contribution in [1.82, 2.24) is 5.32 Å². The molecule has 1 aromatic rings. The Hall–Kier alpha value is -1.63. The Morgan fingerprint density at radius 3 is 2.40 bits per heavy atom. The molecule has 1 N–H and O–H groups in total. The molecule has 0 aliphatic heterocycles. The topological polar surface area (TPSA) is 72.5 Å². The normalized spacial score (nSPS) is 14.4. The van der Waals surface area contributed by atoms with Gasteiger partial charge in [0.25, 0.3) is 0 Å². The van der Waals surface area contributed by atoms with E-state index in [1.165, 1.54) is 26.2 Å². The zero-order chi connectivity index (χ0) is 15.5. The van der Waals surface area contributed by atoms with Gasteiger partial charge in [0.2, 0.25) is 5.91 Å². The largest absolute Gasteiger partial charge is 0.494 e. The number of ether oxygens (including phenoxy) is 1. The first-order valence-electron chi connectivity index (χ1n) is 5.99. The molecule has 0 saturated carbocycles. The van der Waals surface area contributed by atoms with Crippen molar-refractivity contribution in [3.8, 4) is 5.75 Å². The first kappa shape index (κ1) is 16.4. The van der Waals surface area contributed by atoms with Gasteiger partial charge in [0.15, 0.2) is 21.4 Å². The number of sulfone groups is 1. The molecule has 0 heterocycles. The molecular weight excluding hydrogens is 285 g/mol. The molecule has 0 spiro atoms. The first-order valence-corrected chi connectivity index (χ1v) is 7.95. The van der Waals surface area contributed by atoms with Crippen LogP contribution in [0.25, 0.3) is 0 Å². The average molecular weight is 303 g/mol. The molecule has 0 aliphatic rings. The summed E-state index contributed by atoms with van der Waals surface area (Å²) in [6, 6.07) is 3.80. The quantitative estimate of drug-likeness (QED) is 0.893. The predicted octanol–water partition coefficient (Wildman–Crippen LogP) is 1.44. The van der Waals surface area contributed by atoms with Crippen LogP contribution in [0.5, 0.6) is 5.75 Å². The van der Waals surface area contributed by atoms with E-state index in [0.717, 1.165) is 6.26 Å². The molecule has 0 saturated heterocycles. The molecular formula is C13H18FNO4S. The molecule has 112 valence electrons. The highest BCUT2D eigenvalue weighted by molar-refractivity contribution is 7.92. The fourth-order valence-electron chi connectivity index (χ4n) is 1.56. The summed E-state index contributed by atoms with van der Waals surface area (Å²) in [7, 11) is -2.10. The highest BCUT2D eigenvalue weighted by Gasteiger charge is 2.25. The number of carbonyl (C=O) groups is 1. The van der Waals surface area contributed by atoms with E-state index in [9.17, 15) is 17.6 Å². The Morgan fingerprint density at radius 2 is 1.95 bits per heavy atom. The fourth-order valence-corrected chi connectivity index (χ4v) is 2.02. The molecule has 2 unspecified atom stereocenters. The minimum atomic E-state index is -3.45. The SMILES string of the molecule is COc1ccc(C(C)NC(=O)C(C)S(C)(=O)=O)cc1F. The molecule has 1 aromatic carbocycles. The molecule has 1 rings (SSSR count). The molecule has 7 heteroatoms. The van der Waals surface area contributed by atoms with Crippen LogP contribution in [0.1, 0.15) is 25.5 Å². The maximum Gasteiger partial charge on any atom is 0.238 e. The molecule has 0 radical (unpaired) electrons. The smallest absolute Gasteiger partial charge is 0.238 e. The molecule has 20 heavy (non-hydrogen) atoms. The number of hydrogen-bond donors (Lipinski definition) is 1. The second kappa shape index (κ2) is 6.21. The molecule has 5 nitrogen and oxygen atoms in total. The Kier molecular flexibility index (Phi) is 5.10. The number of rotatable bonds is 5. The van der Waals surface area contributed by atoms with Gasteiger partial charge in [-0.25, -0.2) is 12.8 Å². The summed E-state index contributed by atoms with van der Waals surface area (Å²) in [5.41, 5.74) is 0.525. The van der Waals surface area contributed by atoms with Crippen molar-refractivity contribution in [3.05, 3.63) is 29.6 Å². The number of benzene rings is 1. The minimum absolute atomic E-state index is 0.108. The number of nitrogens with one attached hydrogen (secondary N) is 1. The van der Waals surface area contributed by atoms with Gasteiger partial charge in [0.1, 0.15) is 5.25 Å². The van der Waals surface area contributed by atoms with Gasteiger partial charge in [-0.15, -0.1) is 0 Å². The standard InChI is InChI=1S/C13H18FNO4S/c1-8(15-13(16)9(2)20(4,17)18)10-5-6-12(19-3)11(14)7-10/h5-9H,1-4H3,(H,15,16). The van der Waals surface area contributed by atoms with Crippen LogP contribution in [0, 0.1) is 5.82 Å². The summed E-state index contributed by atoms with van der Waals surface area (Å²) >= 11 is 0. The van der Waals surface area contributed by atoms with Gasteiger partial charge in [0.05, 0.1) is 13.2 Å².